The fraction of sp³-hybridized carbons (Fsp3) is 0.867. The molecule has 0 aromatic carbocycles. The lowest BCUT2D eigenvalue weighted by Gasteiger charge is -2.28. The van der Waals surface area contributed by atoms with Crippen LogP contribution >= 0.6 is 0 Å². The summed E-state index contributed by atoms with van der Waals surface area (Å²) in [5.41, 5.74) is 0. The fourth-order valence-electron chi connectivity index (χ4n) is 3.95. The van der Waals surface area contributed by atoms with Gasteiger partial charge >= 0.3 is 12.0 Å². The number of nitrogens with zero attached hydrogens (tertiary/aromatic N) is 3. The Hall–Kier alpha value is -1.34. The highest BCUT2D eigenvalue weighted by Gasteiger charge is 2.47. The molecule has 0 aliphatic carbocycles. The van der Waals surface area contributed by atoms with E-state index in [1.807, 2.05) is 9.80 Å². The van der Waals surface area contributed by atoms with Gasteiger partial charge in [0.05, 0.1) is 13.2 Å². The molecule has 0 radical (unpaired) electrons. The zero-order valence-electron chi connectivity index (χ0n) is 13.6. The van der Waals surface area contributed by atoms with E-state index in [9.17, 15) is 9.59 Å². The van der Waals surface area contributed by atoms with Crippen LogP contribution in [0.25, 0.3) is 0 Å². The Morgan fingerprint density at radius 3 is 2.68 bits per heavy atom. The molecule has 3 atom stereocenters. The van der Waals surface area contributed by atoms with Crippen LogP contribution in [0.5, 0.6) is 0 Å². The Morgan fingerprint density at radius 2 is 2.05 bits per heavy atom. The third kappa shape index (κ3) is 2.56. The van der Waals surface area contributed by atoms with Gasteiger partial charge < -0.3 is 19.9 Å². The molecule has 0 aromatic rings. The van der Waals surface area contributed by atoms with E-state index in [1.165, 1.54) is 7.11 Å². The van der Waals surface area contributed by atoms with Crippen LogP contribution in [0, 0.1) is 0 Å². The van der Waals surface area contributed by atoms with Gasteiger partial charge in [0.1, 0.15) is 6.04 Å². The van der Waals surface area contributed by atoms with E-state index in [0.29, 0.717) is 6.42 Å². The van der Waals surface area contributed by atoms with Crippen LogP contribution < -0.4 is 5.32 Å². The number of amides is 2. The number of hydrogen-bond acceptors (Lipinski definition) is 5. The molecule has 124 valence electrons. The van der Waals surface area contributed by atoms with Crippen molar-refractivity contribution in [3.05, 3.63) is 0 Å². The van der Waals surface area contributed by atoms with Gasteiger partial charge in [-0.25, -0.2) is 4.79 Å². The van der Waals surface area contributed by atoms with Gasteiger partial charge in [-0.2, -0.15) is 0 Å². The summed E-state index contributed by atoms with van der Waals surface area (Å²) >= 11 is 0. The lowest BCUT2D eigenvalue weighted by atomic mass is 10.1. The smallest absolute Gasteiger partial charge is 0.323 e. The maximum Gasteiger partial charge on any atom is 0.323 e. The Bertz CT molecular complexity index is 456. The molecule has 0 aromatic heterocycles. The SMILES string of the molecule is COC(=O)[C@H]1C[C@H](N2C[C@@H]3CNCCN3C2=O)CN1C(C)C. The normalized spacial score (nSPS) is 32.7. The highest BCUT2D eigenvalue weighted by atomic mass is 16.5. The lowest BCUT2D eigenvalue weighted by molar-refractivity contribution is -0.146. The summed E-state index contributed by atoms with van der Waals surface area (Å²) in [6.07, 6.45) is 0.671. The molecule has 0 saturated carbocycles. The van der Waals surface area contributed by atoms with Crippen LogP contribution in [-0.2, 0) is 9.53 Å². The monoisotopic (exact) mass is 310 g/mol. The largest absolute Gasteiger partial charge is 0.468 e. The number of nitrogens with one attached hydrogen (secondary N) is 1. The molecule has 2 amide bonds. The van der Waals surface area contributed by atoms with Crippen LogP contribution in [0.15, 0.2) is 0 Å². The van der Waals surface area contributed by atoms with Gasteiger partial charge in [-0.3, -0.25) is 9.69 Å². The van der Waals surface area contributed by atoms with Gasteiger partial charge in [-0.15, -0.1) is 0 Å². The fourth-order valence-corrected chi connectivity index (χ4v) is 3.95. The molecule has 22 heavy (non-hydrogen) atoms. The summed E-state index contributed by atoms with van der Waals surface area (Å²) in [4.78, 5) is 30.8. The Morgan fingerprint density at radius 1 is 1.27 bits per heavy atom. The molecule has 3 rings (SSSR count). The minimum atomic E-state index is -0.237. The second-order valence-electron chi connectivity index (χ2n) is 6.71. The molecule has 0 unspecified atom stereocenters. The topological polar surface area (TPSA) is 65.1 Å². The van der Waals surface area contributed by atoms with E-state index >= 15 is 0 Å². The average Bonchev–Trinajstić information content (AvgIpc) is 3.09. The number of piperazine rings is 1. The van der Waals surface area contributed by atoms with Crippen molar-refractivity contribution in [2.45, 2.75) is 44.4 Å². The predicted octanol–water partition coefficient (Wildman–Crippen LogP) is -0.280. The first-order chi connectivity index (χ1) is 10.5. The summed E-state index contributed by atoms with van der Waals surface area (Å²) in [5, 5.41) is 3.35. The number of likely N-dealkylation sites (tertiary alicyclic amines) is 1. The molecule has 3 aliphatic rings. The minimum absolute atomic E-state index is 0.101. The van der Waals surface area contributed by atoms with Crippen molar-refractivity contribution in [1.29, 1.82) is 0 Å². The highest BCUT2D eigenvalue weighted by molar-refractivity contribution is 5.79. The number of urea groups is 1. The molecule has 1 N–H and O–H groups in total. The summed E-state index contributed by atoms with van der Waals surface area (Å²) in [5.74, 6) is -0.192. The summed E-state index contributed by atoms with van der Waals surface area (Å²) in [7, 11) is 1.43. The van der Waals surface area contributed by atoms with E-state index in [0.717, 1.165) is 32.7 Å². The summed E-state index contributed by atoms with van der Waals surface area (Å²) in [6.45, 7) is 8.18. The highest BCUT2D eigenvalue weighted by Crippen LogP contribution is 2.29. The standard InChI is InChI=1S/C15H26N4O3/c1-10(2)18-8-11(6-13(18)14(20)22-3)19-9-12-7-16-4-5-17(12)15(19)21/h10-13,16H,4-9H2,1-3H3/t11-,12-,13+/m0/s1. The number of carbonyl (C=O) groups is 2. The zero-order valence-corrected chi connectivity index (χ0v) is 13.6. The van der Waals surface area contributed by atoms with Crippen LogP contribution in [0.3, 0.4) is 0 Å². The second-order valence-corrected chi connectivity index (χ2v) is 6.71. The number of carbonyl (C=O) groups excluding carboxylic acids is 2. The molecule has 7 nitrogen and oxygen atoms in total. The number of fused-ring (bicyclic) bond motifs is 1. The van der Waals surface area contributed by atoms with Crippen molar-refractivity contribution in [3.63, 3.8) is 0 Å². The van der Waals surface area contributed by atoms with Crippen LogP contribution in [0.4, 0.5) is 4.79 Å². The molecule has 3 saturated heterocycles. The van der Waals surface area contributed by atoms with Crippen molar-refractivity contribution in [2.75, 3.05) is 39.8 Å². The predicted molar refractivity (Wildman–Crippen MR) is 81.5 cm³/mol. The van der Waals surface area contributed by atoms with Crippen molar-refractivity contribution in [3.8, 4) is 0 Å². The van der Waals surface area contributed by atoms with Crippen LogP contribution in [-0.4, -0.2) is 90.7 Å². The quantitative estimate of drug-likeness (QED) is 0.727. The van der Waals surface area contributed by atoms with Gasteiger partial charge in [0, 0.05) is 44.8 Å². The molecule has 3 heterocycles. The average molecular weight is 310 g/mol. The van der Waals surface area contributed by atoms with Gasteiger partial charge in [-0.1, -0.05) is 0 Å². The Labute approximate surface area is 131 Å². The number of esters is 1. The van der Waals surface area contributed by atoms with Gasteiger partial charge in [0.15, 0.2) is 0 Å². The van der Waals surface area contributed by atoms with E-state index in [4.69, 9.17) is 4.74 Å². The van der Waals surface area contributed by atoms with E-state index in [2.05, 4.69) is 24.1 Å². The van der Waals surface area contributed by atoms with Gasteiger partial charge in [0.2, 0.25) is 0 Å². The van der Waals surface area contributed by atoms with Crippen molar-refractivity contribution in [2.24, 2.45) is 0 Å². The molecular formula is C15H26N4O3. The summed E-state index contributed by atoms with van der Waals surface area (Å²) in [6, 6.07) is 0.524. The number of hydrogen-bond donors (Lipinski definition) is 1. The van der Waals surface area contributed by atoms with Crippen LogP contribution in [0.2, 0.25) is 0 Å². The first-order valence-electron chi connectivity index (χ1n) is 8.14. The molecule has 7 heteroatoms. The second kappa shape index (κ2) is 6.04. The molecule has 3 aliphatic heterocycles. The molecular weight excluding hydrogens is 284 g/mol. The lowest BCUT2D eigenvalue weighted by Crippen LogP contribution is -2.50. The van der Waals surface area contributed by atoms with Gasteiger partial charge in [-0.05, 0) is 20.3 Å². The van der Waals surface area contributed by atoms with Crippen molar-refractivity contribution in [1.82, 2.24) is 20.0 Å². The first kappa shape index (κ1) is 15.6. The Kier molecular flexibility index (Phi) is 4.27. The third-order valence-electron chi connectivity index (χ3n) is 5.14. The minimum Gasteiger partial charge on any atom is -0.468 e. The number of rotatable bonds is 3. The van der Waals surface area contributed by atoms with Gasteiger partial charge in [0.25, 0.3) is 0 Å². The zero-order chi connectivity index (χ0) is 15.9. The first-order valence-corrected chi connectivity index (χ1v) is 8.14. The van der Waals surface area contributed by atoms with Crippen LogP contribution in [0.1, 0.15) is 20.3 Å². The third-order valence-corrected chi connectivity index (χ3v) is 5.14. The van der Waals surface area contributed by atoms with Crippen molar-refractivity contribution >= 4 is 12.0 Å². The number of ether oxygens (including phenoxy) is 1. The van der Waals surface area contributed by atoms with E-state index in [1.54, 1.807) is 0 Å². The molecule has 0 spiro atoms. The Balaban J connectivity index is 1.73. The van der Waals surface area contributed by atoms with Crippen molar-refractivity contribution < 1.29 is 14.3 Å². The maximum absolute atomic E-state index is 12.6. The molecule has 3 fully saturated rings. The maximum atomic E-state index is 12.6. The number of methoxy groups -OCH3 is 1. The van der Waals surface area contributed by atoms with E-state index < -0.39 is 0 Å². The summed E-state index contributed by atoms with van der Waals surface area (Å²) < 4.78 is 4.94. The van der Waals surface area contributed by atoms with E-state index in [-0.39, 0.29) is 36.2 Å². The molecule has 0 bridgehead atoms.